The molecule has 8 aromatic carbocycles. The van der Waals surface area contributed by atoms with Crippen LogP contribution < -0.4 is 4.90 Å². The summed E-state index contributed by atoms with van der Waals surface area (Å²) >= 11 is 0. The number of hydrogen-bond donors (Lipinski definition) is 0. The number of rotatable bonds is 5. The van der Waals surface area contributed by atoms with Crippen LogP contribution in [0, 0.1) is 0 Å². The highest BCUT2D eigenvalue weighted by Crippen LogP contribution is 2.46. The molecule has 0 spiro atoms. The molecular weight excluding hydrogens is 597 g/mol. The van der Waals surface area contributed by atoms with Crippen LogP contribution in [-0.2, 0) is 0 Å². The van der Waals surface area contributed by atoms with Gasteiger partial charge in [-0.2, -0.15) is 0 Å². The van der Waals surface area contributed by atoms with E-state index in [1.807, 2.05) is 12.1 Å². The van der Waals surface area contributed by atoms with Gasteiger partial charge in [0.25, 0.3) is 0 Å². The van der Waals surface area contributed by atoms with Gasteiger partial charge in [-0.3, -0.25) is 0 Å². The zero-order chi connectivity index (χ0) is 32.3. The Labute approximate surface area is 283 Å². The molecule has 0 N–H and O–H groups in total. The van der Waals surface area contributed by atoms with Crippen LogP contribution in [0.25, 0.3) is 71.3 Å². The second kappa shape index (κ2) is 11.0. The number of hydrogen-bond acceptors (Lipinski definition) is 2. The maximum Gasteiger partial charge on any atom is 0.137 e. The van der Waals surface area contributed by atoms with Crippen LogP contribution in [0.15, 0.2) is 186 Å². The van der Waals surface area contributed by atoms with Crippen molar-refractivity contribution < 1.29 is 4.42 Å². The van der Waals surface area contributed by atoms with Crippen molar-refractivity contribution in [1.82, 2.24) is 4.57 Å². The van der Waals surface area contributed by atoms with E-state index in [1.165, 1.54) is 38.2 Å². The maximum atomic E-state index is 6.44. The lowest BCUT2D eigenvalue weighted by molar-refractivity contribution is 0.669. The van der Waals surface area contributed by atoms with Crippen LogP contribution in [0.5, 0.6) is 0 Å². The molecular formula is C46H30N2O. The third-order valence-electron chi connectivity index (χ3n) is 9.77. The van der Waals surface area contributed by atoms with Gasteiger partial charge in [0.15, 0.2) is 0 Å². The van der Waals surface area contributed by atoms with Gasteiger partial charge < -0.3 is 13.9 Å². The van der Waals surface area contributed by atoms with Gasteiger partial charge in [-0.05, 0) is 71.1 Å². The highest BCUT2D eigenvalue weighted by molar-refractivity contribution is 6.24. The zero-order valence-electron chi connectivity index (χ0n) is 26.6. The highest BCUT2D eigenvalue weighted by Gasteiger charge is 2.22. The Morgan fingerprint density at radius 1 is 0.388 bits per heavy atom. The molecule has 0 bridgehead atoms. The van der Waals surface area contributed by atoms with Gasteiger partial charge in [0.2, 0.25) is 0 Å². The third kappa shape index (κ3) is 4.37. The van der Waals surface area contributed by atoms with Crippen LogP contribution >= 0.6 is 0 Å². The Bertz CT molecular complexity index is 2810. The summed E-state index contributed by atoms with van der Waals surface area (Å²) in [4.78, 5) is 2.39. The molecule has 0 unspecified atom stereocenters. The maximum absolute atomic E-state index is 6.44. The minimum Gasteiger partial charge on any atom is -0.456 e. The molecule has 0 fully saturated rings. The van der Waals surface area contributed by atoms with Crippen molar-refractivity contribution in [2.75, 3.05) is 4.90 Å². The van der Waals surface area contributed by atoms with Crippen molar-refractivity contribution in [3.8, 4) is 16.8 Å². The van der Waals surface area contributed by atoms with Crippen LogP contribution in [0.1, 0.15) is 0 Å². The summed E-state index contributed by atoms with van der Waals surface area (Å²) in [6.07, 6.45) is 0. The topological polar surface area (TPSA) is 21.3 Å². The van der Waals surface area contributed by atoms with E-state index in [1.54, 1.807) is 0 Å². The summed E-state index contributed by atoms with van der Waals surface area (Å²) in [7, 11) is 0. The van der Waals surface area contributed by atoms with Crippen molar-refractivity contribution >= 4 is 71.6 Å². The second-order valence-corrected chi connectivity index (χ2v) is 12.6. The minimum atomic E-state index is 0.869. The first kappa shape index (κ1) is 27.5. The van der Waals surface area contributed by atoms with Crippen LogP contribution in [0.3, 0.4) is 0 Å². The first-order valence-corrected chi connectivity index (χ1v) is 16.7. The van der Waals surface area contributed by atoms with Gasteiger partial charge in [-0.25, -0.2) is 0 Å². The molecule has 0 aliphatic heterocycles. The molecule has 0 atom stereocenters. The lowest BCUT2D eigenvalue weighted by atomic mass is 10.00. The standard InChI is InChI=1S/C46H30N2O/c1-3-13-31(14-4-1)32-23-25-34(26-24-32)47(35-27-28-38-37-18-10-12-22-44(37)49-45(38)29-35)42-30-43-46(39-19-8-7-17-36(39)42)40-20-9-11-21-41(40)48(43)33-15-5-2-6-16-33/h1-30H. The van der Waals surface area contributed by atoms with E-state index in [2.05, 4.69) is 179 Å². The van der Waals surface area contributed by atoms with Crippen LogP contribution in [-0.4, -0.2) is 4.57 Å². The number of aromatic nitrogens is 1. The van der Waals surface area contributed by atoms with E-state index in [-0.39, 0.29) is 0 Å². The van der Waals surface area contributed by atoms with E-state index in [0.717, 1.165) is 50.2 Å². The zero-order valence-corrected chi connectivity index (χ0v) is 26.6. The van der Waals surface area contributed by atoms with Crippen molar-refractivity contribution in [3.63, 3.8) is 0 Å². The number of para-hydroxylation sites is 3. The molecule has 0 saturated carbocycles. The number of benzene rings is 8. The van der Waals surface area contributed by atoms with Gasteiger partial charge in [-0.15, -0.1) is 0 Å². The molecule has 10 rings (SSSR count). The molecule has 0 amide bonds. The SMILES string of the molecule is c1ccc(-c2ccc(N(c3ccc4c(c3)oc3ccccc34)c3cc4c(c5ccccc35)c3ccccc3n4-c3ccccc3)cc2)cc1. The molecule has 2 heterocycles. The lowest BCUT2D eigenvalue weighted by Crippen LogP contribution is -2.11. The Hall–Kier alpha value is -6.58. The minimum absolute atomic E-state index is 0.869. The predicted molar refractivity (Wildman–Crippen MR) is 206 cm³/mol. The smallest absolute Gasteiger partial charge is 0.137 e. The van der Waals surface area contributed by atoms with Gasteiger partial charge >= 0.3 is 0 Å². The normalized spacial score (nSPS) is 11.7. The molecule has 0 aliphatic rings. The van der Waals surface area contributed by atoms with E-state index in [9.17, 15) is 0 Å². The lowest BCUT2D eigenvalue weighted by Gasteiger charge is -2.27. The first-order valence-electron chi connectivity index (χ1n) is 16.7. The number of fused-ring (bicyclic) bond motifs is 8. The fourth-order valence-corrected chi connectivity index (χ4v) is 7.57. The predicted octanol–water partition coefficient (Wildman–Crippen LogP) is 13.0. The summed E-state index contributed by atoms with van der Waals surface area (Å²) < 4.78 is 8.84. The second-order valence-electron chi connectivity index (χ2n) is 12.6. The summed E-state index contributed by atoms with van der Waals surface area (Å²) in [6.45, 7) is 0. The molecule has 2 aromatic heterocycles. The van der Waals surface area contributed by atoms with Gasteiger partial charge in [0.05, 0.1) is 16.7 Å². The van der Waals surface area contributed by atoms with E-state index in [0.29, 0.717) is 0 Å². The molecule has 3 nitrogen and oxygen atoms in total. The summed E-state index contributed by atoms with van der Waals surface area (Å²) in [6, 6.07) is 65.0. The number of nitrogens with zero attached hydrogens (tertiary/aromatic N) is 2. The molecule has 3 heteroatoms. The number of anilines is 3. The Kier molecular flexibility index (Phi) is 6.18. The van der Waals surface area contributed by atoms with Crippen LogP contribution in [0.4, 0.5) is 17.1 Å². The summed E-state index contributed by atoms with van der Waals surface area (Å²) in [5.74, 6) is 0. The fraction of sp³-hybridized carbons (Fsp3) is 0. The summed E-state index contributed by atoms with van der Waals surface area (Å²) in [5.41, 5.74) is 10.8. The Balaban J connectivity index is 1.28. The quantitative estimate of drug-likeness (QED) is 0.190. The molecule has 49 heavy (non-hydrogen) atoms. The first-order chi connectivity index (χ1) is 24.3. The Morgan fingerprint density at radius 3 is 1.78 bits per heavy atom. The average molecular weight is 627 g/mol. The van der Waals surface area contributed by atoms with Crippen molar-refractivity contribution in [1.29, 1.82) is 0 Å². The Morgan fingerprint density at radius 2 is 0.980 bits per heavy atom. The molecule has 0 radical (unpaired) electrons. The average Bonchev–Trinajstić information content (AvgIpc) is 3.71. The van der Waals surface area contributed by atoms with E-state index < -0.39 is 0 Å². The largest absolute Gasteiger partial charge is 0.456 e. The highest BCUT2D eigenvalue weighted by atomic mass is 16.3. The molecule has 10 aromatic rings. The van der Waals surface area contributed by atoms with Gasteiger partial charge in [0.1, 0.15) is 11.2 Å². The fourth-order valence-electron chi connectivity index (χ4n) is 7.57. The van der Waals surface area contributed by atoms with Gasteiger partial charge in [0, 0.05) is 50.1 Å². The summed E-state index contributed by atoms with van der Waals surface area (Å²) in [5, 5.41) is 7.14. The van der Waals surface area contributed by atoms with Crippen molar-refractivity contribution in [3.05, 3.63) is 182 Å². The number of furan rings is 1. The van der Waals surface area contributed by atoms with Crippen molar-refractivity contribution in [2.24, 2.45) is 0 Å². The van der Waals surface area contributed by atoms with Crippen LogP contribution in [0.2, 0.25) is 0 Å². The monoisotopic (exact) mass is 626 g/mol. The molecule has 0 aliphatic carbocycles. The van der Waals surface area contributed by atoms with Gasteiger partial charge in [-0.1, -0.05) is 121 Å². The van der Waals surface area contributed by atoms with E-state index >= 15 is 0 Å². The molecule has 0 saturated heterocycles. The van der Waals surface area contributed by atoms with Crippen molar-refractivity contribution in [2.45, 2.75) is 0 Å². The van der Waals surface area contributed by atoms with E-state index in [4.69, 9.17) is 4.42 Å². The molecule has 230 valence electrons. The third-order valence-corrected chi connectivity index (χ3v) is 9.77.